The lowest BCUT2D eigenvalue weighted by atomic mass is 9.91. The highest BCUT2D eigenvalue weighted by atomic mass is 15.1. The number of aryl methyl sites for hydroxylation is 1. The second-order valence-corrected chi connectivity index (χ2v) is 3.68. The molecular weight excluding hydrogens is 148 g/mol. The summed E-state index contributed by atoms with van der Waals surface area (Å²) in [6.07, 6.45) is 6.50. The zero-order chi connectivity index (χ0) is 8.55. The Balaban J connectivity index is 2.35. The van der Waals surface area contributed by atoms with Gasteiger partial charge in [-0.3, -0.25) is 5.10 Å². The van der Waals surface area contributed by atoms with Gasteiger partial charge in [-0.1, -0.05) is 25.5 Å². The molecule has 2 heteroatoms. The molecule has 2 rings (SSSR count). The number of aromatic nitrogens is 2. The summed E-state index contributed by atoms with van der Waals surface area (Å²) in [4.78, 5) is 0. The van der Waals surface area contributed by atoms with Crippen molar-refractivity contribution in [1.29, 1.82) is 0 Å². The first-order valence-corrected chi connectivity index (χ1v) is 4.50. The average Bonchev–Trinajstić information content (AvgIpc) is 2.49. The van der Waals surface area contributed by atoms with Gasteiger partial charge in [-0.2, -0.15) is 5.10 Å². The number of aromatic amines is 1. The number of hydrogen-bond donors (Lipinski definition) is 1. The summed E-state index contributed by atoms with van der Waals surface area (Å²) in [5.74, 6) is 0.674. The Kier molecular flexibility index (Phi) is 1.75. The Labute approximate surface area is 72.7 Å². The second-order valence-electron chi connectivity index (χ2n) is 3.68. The van der Waals surface area contributed by atoms with Gasteiger partial charge in [0.1, 0.15) is 0 Å². The van der Waals surface area contributed by atoms with E-state index in [1.165, 1.54) is 17.7 Å². The van der Waals surface area contributed by atoms with Gasteiger partial charge in [0.15, 0.2) is 0 Å². The van der Waals surface area contributed by atoms with Crippen molar-refractivity contribution in [2.75, 3.05) is 0 Å². The van der Waals surface area contributed by atoms with E-state index in [1.54, 1.807) is 5.57 Å². The number of H-pyrrole nitrogens is 1. The minimum atomic E-state index is 0.674. The van der Waals surface area contributed by atoms with Crippen LogP contribution in [-0.2, 0) is 6.42 Å². The van der Waals surface area contributed by atoms with Crippen LogP contribution in [0.2, 0.25) is 0 Å². The Morgan fingerprint density at radius 3 is 3.00 bits per heavy atom. The van der Waals surface area contributed by atoms with Crippen LogP contribution in [0.3, 0.4) is 0 Å². The lowest BCUT2D eigenvalue weighted by Gasteiger charge is -2.15. The van der Waals surface area contributed by atoms with Crippen LogP contribution in [0.1, 0.15) is 31.5 Å². The van der Waals surface area contributed by atoms with Crippen LogP contribution >= 0.6 is 0 Å². The van der Waals surface area contributed by atoms with Gasteiger partial charge in [0.25, 0.3) is 0 Å². The molecule has 0 saturated carbocycles. The predicted molar refractivity (Wildman–Crippen MR) is 49.7 cm³/mol. The molecule has 0 amide bonds. The molecule has 0 radical (unpaired) electrons. The van der Waals surface area contributed by atoms with E-state index in [1.807, 2.05) is 6.20 Å². The lowest BCUT2D eigenvalue weighted by molar-refractivity contribution is 0.703. The van der Waals surface area contributed by atoms with Gasteiger partial charge in [-0.25, -0.2) is 0 Å². The highest BCUT2D eigenvalue weighted by molar-refractivity contribution is 5.57. The molecule has 0 aliphatic heterocycles. The molecule has 0 aromatic carbocycles. The van der Waals surface area contributed by atoms with E-state index in [4.69, 9.17) is 0 Å². The highest BCUT2D eigenvalue weighted by Gasteiger charge is 2.13. The minimum absolute atomic E-state index is 0.674. The fourth-order valence-corrected chi connectivity index (χ4v) is 1.64. The molecule has 1 aliphatic rings. The van der Waals surface area contributed by atoms with E-state index in [2.05, 4.69) is 30.1 Å². The molecule has 0 spiro atoms. The number of fused-ring (bicyclic) bond motifs is 1. The zero-order valence-corrected chi connectivity index (χ0v) is 7.59. The standard InChI is InChI=1S/C10H14N2/c1-7(2)8-3-4-10-9(5-8)6-11-12-10/h5-7H,3-4H2,1-2H3,(H,11,12). The number of nitrogens with one attached hydrogen (secondary N) is 1. The second kappa shape index (κ2) is 2.77. The number of hydrogen-bond acceptors (Lipinski definition) is 1. The molecule has 2 nitrogen and oxygen atoms in total. The monoisotopic (exact) mass is 162 g/mol. The van der Waals surface area contributed by atoms with Crippen molar-refractivity contribution in [2.45, 2.75) is 26.7 Å². The van der Waals surface area contributed by atoms with Crippen molar-refractivity contribution in [1.82, 2.24) is 10.2 Å². The summed E-state index contributed by atoms with van der Waals surface area (Å²) < 4.78 is 0. The summed E-state index contributed by atoms with van der Waals surface area (Å²) in [7, 11) is 0. The lowest BCUT2D eigenvalue weighted by Crippen LogP contribution is -2.02. The molecular formula is C10H14N2. The normalized spacial score (nSPS) is 16.1. The summed E-state index contributed by atoms with van der Waals surface area (Å²) in [6.45, 7) is 4.49. The van der Waals surface area contributed by atoms with Crippen molar-refractivity contribution in [3.8, 4) is 0 Å². The van der Waals surface area contributed by atoms with Gasteiger partial charge in [-0.05, 0) is 18.8 Å². The van der Waals surface area contributed by atoms with Crippen LogP contribution in [0.5, 0.6) is 0 Å². The van der Waals surface area contributed by atoms with Gasteiger partial charge in [-0.15, -0.1) is 0 Å². The third-order valence-corrected chi connectivity index (χ3v) is 2.50. The molecule has 0 bridgehead atoms. The number of allylic oxidation sites excluding steroid dienone is 1. The molecule has 1 aromatic heterocycles. The van der Waals surface area contributed by atoms with Gasteiger partial charge in [0.2, 0.25) is 0 Å². The minimum Gasteiger partial charge on any atom is -0.282 e. The molecule has 12 heavy (non-hydrogen) atoms. The van der Waals surface area contributed by atoms with Crippen LogP contribution < -0.4 is 0 Å². The van der Waals surface area contributed by atoms with Crippen molar-refractivity contribution >= 4 is 6.08 Å². The Hall–Kier alpha value is -1.05. The van der Waals surface area contributed by atoms with Crippen LogP contribution in [0, 0.1) is 5.92 Å². The van der Waals surface area contributed by atoms with Crippen molar-refractivity contribution in [2.24, 2.45) is 5.92 Å². The third-order valence-electron chi connectivity index (χ3n) is 2.50. The van der Waals surface area contributed by atoms with E-state index >= 15 is 0 Å². The molecule has 0 saturated heterocycles. The molecule has 0 fully saturated rings. The van der Waals surface area contributed by atoms with Crippen LogP contribution in [0.15, 0.2) is 11.8 Å². The van der Waals surface area contributed by atoms with Gasteiger partial charge < -0.3 is 0 Å². The fourth-order valence-electron chi connectivity index (χ4n) is 1.64. The van der Waals surface area contributed by atoms with Gasteiger partial charge in [0, 0.05) is 11.3 Å². The van der Waals surface area contributed by atoms with E-state index in [9.17, 15) is 0 Å². The first-order valence-electron chi connectivity index (χ1n) is 4.50. The first kappa shape index (κ1) is 7.59. The van der Waals surface area contributed by atoms with Crippen LogP contribution in [0.25, 0.3) is 6.08 Å². The van der Waals surface area contributed by atoms with Crippen molar-refractivity contribution < 1.29 is 0 Å². The molecule has 1 aliphatic carbocycles. The first-order chi connectivity index (χ1) is 5.77. The van der Waals surface area contributed by atoms with Gasteiger partial charge in [0.05, 0.1) is 6.20 Å². The van der Waals surface area contributed by atoms with E-state index in [0.29, 0.717) is 5.92 Å². The predicted octanol–water partition coefficient (Wildman–Crippen LogP) is 2.40. The molecule has 0 atom stereocenters. The highest BCUT2D eigenvalue weighted by Crippen LogP contribution is 2.26. The van der Waals surface area contributed by atoms with Gasteiger partial charge >= 0.3 is 0 Å². The topological polar surface area (TPSA) is 28.7 Å². The zero-order valence-electron chi connectivity index (χ0n) is 7.59. The summed E-state index contributed by atoms with van der Waals surface area (Å²) in [5.41, 5.74) is 4.12. The maximum atomic E-state index is 4.03. The SMILES string of the molecule is CC(C)C1=Cc2cn[nH]c2CC1. The number of nitrogens with zero attached hydrogens (tertiary/aromatic N) is 1. The van der Waals surface area contributed by atoms with Crippen molar-refractivity contribution in [3.63, 3.8) is 0 Å². The maximum Gasteiger partial charge on any atom is 0.0562 e. The summed E-state index contributed by atoms with van der Waals surface area (Å²) >= 11 is 0. The van der Waals surface area contributed by atoms with Crippen LogP contribution in [0.4, 0.5) is 0 Å². The van der Waals surface area contributed by atoms with E-state index in [0.717, 1.165) is 6.42 Å². The molecule has 1 N–H and O–H groups in total. The van der Waals surface area contributed by atoms with Crippen LogP contribution in [-0.4, -0.2) is 10.2 Å². The summed E-state index contributed by atoms with van der Waals surface area (Å²) in [6, 6.07) is 0. The quantitative estimate of drug-likeness (QED) is 0.674. The molecule has 1 aromatic rings. The molecule has 64 valence electrons. The largest absolute Gasteiger partial charge is 0.282 e. The number of rotatable bonds is 1. The Morgan fingerprint density at radius 1 is 1.42 bits per heavy atom. The fraction of sp³-hybridized carbons (Fsp3) is 0.500. The van der Waals surface area contributed by atoms with E-state index < -0.39 is 0 Å². The van der Waals surface area contributed by atoms with Crippen molar-refractivity contribution in [3.05, 3.63) is 23.0 Å². The van der Waals surface area contributed by atoms with E-state index in [-0.39, 0.29) is 0 Å². The smallest absolute Gasteiger partial charge is 0.0562 e. The Bertz CT molecular complexity index is 307. The Morgan fingerprint density at radius 2 is 2.25 bits per heavy atom. The maximum absolute atomic E-state index is 4.03. The average molecular weight is 162 g/mol. The summed E-state index contributed by atoms with van der Waals surface area (Å²) in [5, 5.41) is 7.05. The molecule has 1 heterocycles. The third kappa shape index (κ3) is 1.17. The molecule has 0 unspecified atom stereocenters.